The van der Waals surface area contributed by atoms with Gasteiger partial charge in [-0.3, -0.25) is 4.90 Å². The van der Waals surface area contributed by atoms with Crippen molar-refractivity contribution in [1.82, 2.24) is 4.90 Å². The molecule has 78 valence electrons. The first-order valence-corrected chi connectivity index (χ1v) is 4.87. The van der Waals surface area contributed by atoms with Crippen molar-refractivity contribution in [2.75, 3.05) is 26.2 Å². The number of ether oxygens (including phenoxy) is 1. The third kappa shape index (κ3) is 2.81. The predicted octanol–water partition coefficient (Wildman–Crippen LogP) is 0.654. The Balaban J connectivity index is 0.000000845. The summed E-state index contributed by atoms with van der Waals surface area (Å²) in [6.45, 7) is 3.51. The highest BCUT2D eigenvalue weighted by Crippen LogP contribution is 2.25. The van der Waals surface area contributed by atoms with Crippen LogP contribution in [0.25, 0.3) is 0 Å². The van der Waals surface area contributed by atoms with Gasteiger partial charge in [-0.05, 0) is 19.3 Å². The van der Waals surface area contributed by atoms with E-state index in [2.05, 4.69) is 4.90 Å². The van der Waals surface area contributed by atoms with Crippen molar-refractivity contribution in [3.63, 3.8) is 0 Å². The molecule has 2 aliphatic rings. The molecular weight excluding hydrogens is 190 g/mol. The van der Waals surface area contributed by atoms with E-state index in [0.717, 1.165) is 26.1 Å². The first kappa shape index (κ1) is 11.2. The molecule has 2 heterocycles. The summed E-state index contributed by atoms with van der Waals surface area (Å²) in [5.74, 6) is 0. The molecule has 2 saturated heterocycles. The number of likely N-dealkylation sites (tertiary alicyclic amines) is 1. The maximum atomic E-state index is 8.69. The second-order valence-electron chi connectivity index (χ2n) is 3.79. The van der Waals surface area contributed by atoms with Gasteiger partial charge >= 0.3 is 0 Å². The zero-order chi connectivity index (χ0) is 8.39. The lowest BCUT2D eigenvalue weighted by Gasteiger charge is -2.31. The highest BCUT2D eigenvalue weighted by molar-refractivity contribution is 5.85. The number of hydrogen-bond acceptors (Lipinski definition) is 3. The van der Waals surface area contributed by atoms with Crippen LogP contribution in [0.5, 0.6) is 0 Å². The summed E-state index contributed by atoms with van der Waals surface area (Å²) >= 11 is 0. The summed E-state index contributed by atoms with van der Waals surface area (Å²) in [4.78, 5) is 2.42. The number of aliphatic hydroxyl groups excluding tert-OH is 1. The maximum Gasteiger partial charge on any atom is 0.0707 e. The predicted molar refractivity (Wildman–Crippen MR) is 53.3 cm³/mol. The summed E-state index contributed by atoms with van der Waals surface area (Å²) in [6.07, 6.45) is 4.35. The third-order valence-corrected chi connectivity index (χ3v) is 2.75. The molecule has 2 aliphatic heterocycles. The van der Waals surface area contributed by atoms with Crippen molar-refractivity contribution >= 4 is 12.4 Å². The highest BCUT2D eigenvalue weighted by Gasteiger charge is 2.32. The average molecular weight is 208 g/mol. The largest absolute Gasteiger partial charge is 0.396 e. The smallest absolute Gasteiger partial charge is 0.0707 e. The lowest BCUT2D eigenvalue weighted by molar-refractivity contribution is -0.0393. The van der Waals surface area contributed by atoms with Gasteiger partial charge in [-0.25, -0.2) is 0 Å². The van der Waals surface area contributed by atoms with Crippen molar-refractivity contribution in [2.24, 2.45) is 0 Å². The Bertz CT molecular complexity index is 145. The zero-order valence-corrected chi connectivity index (χ0v) is 8.63. The first-order valence-electron chi connectivity index (χ1n) is 4.87. The number of nitrogens with zero attached hydrogens (tertiary/aromatic N) is 1. The maximum absolute atomic E-state index is 8.69. The minimum absolute atomic E-state index is 0. The van der Waals surface area contributed by atoms with Crippen LogP contribution in [0.3, 0.4) is 0 Å². The van der Waals surface area contributed by atoms with E-state index in [4.69, 9.17) is 9.84 Å². The molecule has 2 rings (SSSR count). The molecule has 0 saturated carbocycles. The van der Waals surface area contributed by atoms with Crippen molar-refractivity contribution in [3.8, 4) is 0 Å². The Labute approximate surface area is 85.5 Å². The number of fused-ring (bicyclic) bond motifs is 2. The van der Waals surface area contributed by atoms with Crippen LogP contribution < -0.4 is 0 Å². The van der Waals surface area contributed by atoms with Crippen LogP contribution in [-0.2, 0) is 4.74 Å². The zero-order valence-electron chi connectivity index (χ0n) is 7.82. The lowest BCUT2D eigenvalue weighted by atomic mass is 10.2. The molecule has 2 fully saturated rings. The normalized spacial score (nSPS) is 33.0. The molecule has 0 spiro atoms. The van der Waals surface area contributed by atoms with Gasteiger partial charge in [-0.15, -0.1) is 12.4 Å². The van der Waals surface area contributed by atoms with Crippen molar-refractivity contribution < 1.29 is 9.84 Å². The lowest BCUT2D eigenvalue weighted by Crippen LogP contribution is -2.43. The summed E-state index contributed by atoms with van der Waals surface area (Å²) in [7, 11) is 0. The molecule has 0 amide bonds. The summed E-state index contributed by atoms with van der Waals surface area (Å²) in [5.41, 5.74) is 0. The van der Waals surface area contributed by atoms with Crippen LogP contribution in [0, 0.1) is 0 Å². The van der Waals surface area contributed by atoms with Gasteiger partial charge in [0.25, 0.3) is 0 Å². The Morgan fingerprint density at radius 1 is 1.23 bits per heavy atom. The minimum atomic E-state index is 0. The topological polar surface area (TPSA) is 32.7 Å². The molecule has 13 heavy (non-hydrogen) atoms. The molecule has 2 unspecified atom stereocenters. The fourth-order valence-corrected chi connectivity index (χ4v) is 2.18. The fraction of sp³-hybridized carbons (Fsp3) is 1.00. The van der Waals surface area contributed by atoms with Gasteiger partial charge < -0.3 is 9.84 Å². The van der Waals surface area contributed by atoms with E-state index in [1.54, 1.807) is 0 Å². The van der Waals surface area contributed by atoms with Gasteiger partial charge in [0.1, 0.15) is 0 Å². The second kappa shape index (κ2) is 5.15. The van der Waals surface area contributed by atoms with Gasteiger partial charge in [0.2, 0.25) is 0 Å². The second-order valence-corrected chi connectivity index (χ2v) is 3.79. The van der Waals surface area contributed by atoms with E-state index in [1.807, 2.05) is 0 Å². The fourth-order valence-electron chi connectivity index (χ4n) is 2.18. The number of hydrogen-bond donors (Lipinski definition) is 1. The standard InChI is InChI=1S/C9H17NO2.ClH/c11-5-1-4-10-6-8-2-3-9(7-10)12-8;/h8-9,11H,1-7H2;1H. The van der Waals surface area contributed by atoms with Crippen molar-refractivity contribution in [2.45, 2.75) is 31.5 Å². The molecule has 3 nitrogen and oxygen atoms in total. The quantitative estimate of drug-likeness (QED) is 0.738. The third-order valence-electron chi connectivity index (χ3n) is 2.75. The van der Waals surface area contributed by atoms with Crippen LogP contribution in [0.2, 0.25) is 0 Å². The van der Waals surface area contributed by atoms with Crippen LogP contribution in [-0.4, -0.2) is 48.5 Å². The molecule has 1 N–H and O–H groups in total. The highest BCUT2D eigenvalue weighted by atomic mass is 35.5. The van der Waals surface area contributed by atoms with E-state index in [9.17, 15) is 0 Å². The van der Waals surface area contributed by atoms with Gasteiger partial charge in [0, 0.05) is 26.2 Å². The van der Waals surface area contributed by atoms with Crippen LogP contribution in [0.4, 0.5) is 0 Å². The average Bonchev–Trinajstić information content (AvgIpc) is 2.42. The minimum Gasteiger partial charge on any atom is -0.396 e. The molecule has 4 heteroatoms. The van der Waals surface area contributed by atoms with Gasteiger partial charge in [0.05, 0.1) is 12.2 Å². The Hall–Kier alpha value is 0.170. The van der Waals surface area contributed by atoms with E-state index in [-0.39, 0.29) is 12.4 Å². The molecule has 0 aliphatic carbocycles. The van der Waals surface area contributed by atoms with Gasteiger partial charge in [-0.2, -0.15) is 0 Å². The number of rotatable bonds is 3. The van der Waals surface area contributed by atoms with Gasteiger partial charge in [-0.1, -0.05) is 0 Å². The van der Waals surface area contributed by atoms with Crippen molar-refractivity contribution in [3.05, 3.63) is 0 Å². The summed E-state index contributed by atoms with van der Waals surface area (Å²) in [6, 6.07) is 0. The first-order chi connectivity index (χ1) is 5.88. The molecular formula is C9H18ClNO2. The monoisotopic (exact) mass is 207 g/mol. The molecule has 0 aromatic carbocycles. The van der Waals surface area contributed by atoms with Gasteiger partial charge in [0.15, 0.2) is 0 Å². The van der Waals surface area contributed by atoms with E-state index < -0.39 is 0 Å². The molecule has 2 atom stereocenters. The van der Waals surface area contributed by atoms with E-state index >= 15 is 0 Å². The number of halogens is 1. The van der Waals surface area contributed by atoms with Crippen LogP contribution >= 0.6 is 12.4 Å². The molecule has 2 bridgehead atoms. The SMILES string of the molecule is Cl.OCCCN1CC2CCC(C1)O2. The molecule has 0 aromatic heterocycles. The number of morpholine rings is 1. The summed E-state index contributed by atoms with van der Waals surface area (Å²) in [5, 5.41) is 8.69. The Kier molecular flexibility index (Phi) is 4.46. The molecule has 0 radical (unpaired) electrons. The Morgan fingerprint density at radius 3 is 2.38 bits per heavy atom. The van der Waals surface area contributed by atoms with E-state index in [1.165, 1.54) is 12.8 Å². The van der Waals surface area contributed by atoms with Crippen LogP contribution in [0.15, 0.2) is 0 Å². The van der Waals surface area contributed by atoms with Crippen LogP contribution in [0.1, 0.15) is 19.3 Å². The van der Waals surface area contributed by atoms with E-state index in [0.29, 0.717) is 18.8 Å². The summed E-state index contributed by atoms with van der Waals surface area (Å²) < 4.78 is 5.70. The molecule has 0 aromatic rings. The number of aliphatic hydroxyl groups is 1. The Morgan fingerprint density at radius 2 is 1.85 bits per heavy atom. The van der Waals surface area contributed by atoms with Crippen molar-refractivity contribution in [1.29, 1.82) is 0 Å².